The number of methoxy groups -OCH3 is 1. The van der Waals surface area contributed by atoms with Crippen LogP contribution in [0.25, 0.3) is 0 Å². The summed E-state index contributed by atoms with van der Waals surface area (Å²) in [5.74, 6) is -1.20. The molecule has 1 atom stereocenters. The Labute approximate surface area is 99.0 Å². The number of carbonyl (C=O) groups excluding carboxylic acids is 1. The fourth-order valence-electron chi connectivity index (χ4n) is 1.47. The van der Waals surface area contributed by atoms with Gasteiger partial charge in [0, 0.05) is 7.11 Å². The summed E-state index contributed by atoms with van der Waals surface area (Å²) in [7, 11) is 1.45. The van der Waals surface area contributed by atoms with Crippen molar-refractivity contribution in [3.05, 3.63) is 35.1 Å². The maximum atomic E-state index is 13.0. The molecule has 0 aromatic heterocycles. The van der Waals surface area contributed by atoms with Crippen molar-refractivity contribution in [2.45, 2.75) is 19.6 Å². The van der Waals surface area contributed by atoms with Gasteiger partial charge in [-0.3, -0.25) is 0 Å². The average molecular weight is 242 g/mol. The lowest BCUT2D eigenvalue weighted by Gasteiger charge is -2.14. The van der Waals surface area contributed by atoms with Gasteiger partial charge in [-0.05, 0) is 30.2 Å². The third kappa shape index (κ3) is 3.51. The molecule has 1 rings (SSSR count). The number of esters is 1. The highest BCUT2D eigenvalue weighted by Crippen LogP contribution is 2.21. The van der Waals surface area contributed by atoms with Crippen LogP contribution in [0.1, 0.15) is 24.2 Å². The van der Waals surface area contributed by atoms with Crippen LogP contribution >= 0.6 is 0 Å². The van der Waals surface area contributed by atoms with E-state index in [4.69, 9.17) is 9.47 Å². The molecule has 0 aliphatic rings. The molecule has 1 N–H and O–H groups in total. The number of aliphatic hydroxyl groups is 1. The molecule has 1 unspecified atom stereocenters. The number of rotatable bonds is 5. The van der Waals surface area contributed by atoms with Gasteiger partial charge >= 0.3 is 5.97 Å². The Bertz CT molecular complexity index is 392. The molecule has 1 aromatic carbocycles. The Balaban J connectivity index is 2.99. The molecule has 5 heteroatoms. The van der Waals surface area contributed by atoms with Crippen LogP contribution in [0.3, 0.4) is 0 Å². The number of aliphatic hydroxyl groups excluding tert-OH is 1. The molecule has 0 spiro atoms. The van der Waals surface area contributed by atoms with Crippen LogP contribution in [-0.4, -0.2) is 24.8 Å². The average Bonchev–Trinajstić information content (AvgIpc) is 2.29. The van der Waals surface area contributed by atoms with E-state index in [1.54, 1.807) is 6.92 Å². The first kappa shape index (κ1) is 13.6. The maximum absolute atomic E-state index is 13.0. The van der Waals surface area contributed by atoms with Crippen LogP contribution in [0, 0.1) is 5.82 Å². The molecule has 0 heterocycles. The SMILES string of the molecule is CCOC(=O)C(O)c1ccc(F)cc1COC. The van der Waals surface area contributed by atoms with Crippen molar-refractivity contribution in [2.75, 3.05) is 13.7 Å². The summed E-state index contributed by atoms with van der Waals surface area (Å²) in [5.41, 5.74) is 0.722. The van der Waals surface area contributed by atoms with E-state index in [0.29, 0.717) is 11.1 Å². The van der Waals surface area contributed by atoms with Crippen LogP contribution in [-0.2, 0) is 20.9 Å². The first-order valence-electron chi connectivity index (χ1n) is 5.22. The minimum Gasteiger partial charge on any atom is -0.464 e. The number of halogens is 1. The highest BCUT2D eigenvalue weighted by molar-refractivity contribution is 5.76. The van der Waals surface area contributed by atoms with Crippen LogP contribution < -0.4 is 0 Å². The highest BCUT2D eigenvalue weighted by atomic mass is 19.1. The van der Waals surface area contributed by atoms with Crippen molar-refractivity contribution in [1.82, 2.24) is 0 Å². The molecule has 94 valence electrons. The summed E-state index contributed by atoms with van der Waals surface area (Å²) in [4.78, 5) is 11.4. The molecule has 0 saturated carbocycles. The molecule has 0 aliphatic carbocycles. The number of ether oxygens (including phenoxy) is 2. The van der Waals surface area contributed by atoms with E-state index in [9.17, 15) is 14.3 Å². The molecule has 0 fully saturated rings. The summed E-state index contributed by atoms with van der Waals surface area (Å²) in [6.07, 6.45) is -1.42. The maximum Gasteiger partial charge on any atom is 0.339 e. The molecule has 17 heavy (non-hydrogen) atoms. The van der Waals surface area contributed by atoms with Crippen LogP contribution in [0.4, 0.5) is 4.39 Å². The van der Waals surface area contributed by atoms with Gasteiger partial charge < -0.3 is 14.6 Å². The van der Waals surface area contributed by atoms with E-state index < -0.39 is 17.9 Å². The first-order chi connectivity index (χ1) is 8.10. The summed E-state index contributed by atoms with van der Waals surface area (Å²) in [5, 5.41) is 9.77. The second-order valence-electron chi connectivity index (χ2n) is 3.43. The highest BCUT2D eigenvalue weighted by Gasteiger charge is 2.21. The zero-order chi connectivity index (χ0) is 12.8. The van der Waals surface area contributed by atoms with Crippen molar-refractivity contribution in [3.63, 3.8) is 0 Å². The topological polar surface area (TPSA) is 55.8 Å². The van der Waals surface area contributed by atoms with Crippen molar-refractivity contribution in [1.29, 1.82) is 0 Å². The van der Waals surface area contributed by atoms with Crippen molar-refractivity contribution < 1.29 is 23.8 Å². The molecule has 0 amide bonds. The molecule has 0 aliphatic heterocycles. The van der Waals surface area contributed by atoms with Gasteiger partial charge in [0.2, 0.25) is 0 Å². The zero-order valence-electron chi connectivity index (χ0n) is 9.77. The Hall–Kier alpha value is -1.46. The zero-order valence-corrected chi connectivity index (χ0v) is 9.77. The van der Waals surface area contributed by atoms with Gasteiger partial charge in [-0.15, -0.1) is 0 Å². The number of benzene rings is 1. The summed E-state index contributed by atoms with van der Waals surface area (Å²) < 4.78 is 22.6. The Morgan fingerprint density at radius 2 is 2.24 bits per heavy atom. The molecule has 0 saturated heterocycles. The van der Waals surface area contributed by atoms with Crippen LogP contribution in [0.5, 0.6) is 0 Å². The third-order valence-corrected chi connectivity index (χ3v) is 2.21. The van der Waals surface area contributed by atoms with Gasteiger partial charge in [0.25, 0.3) is 0 Å². The minimum absolute atomic E-state index is 0.115. The predicted molar refractivity (Wildman–Crippen MR) is 58.7 cm³/mol. The van der Waals surface area contributed by atoms with Crippen molar-refractivity contribution in [2.24, 2.45) is 0 Å². The largest absolute Gasteiger partial charge is 0.464 e. The van der Waals surface area contributed by atoms with E-state index in [0.717, 1.165) is 0 Å². The van der Waals surface area contributed by atoms with Crippen LogP contribution in [0.2, 0.25) is 0 Å². The van der Waals surface area contributed by atoms with E-state index >= 15 is 0 Å². The Morgan fingerprint density at radius 1 is 1.53 bits per heavy atom. The van der Waals surface area contributed by atoms with E-state index in [2.05, 4.69) is 0 Å². The second kappa shape index (κ2) is 6.32. The monoisotopic (exact) mass is 242 g/mol. The predicted octanol–water partition coefficient (Wildman–Crippen LogP) is 1.57. The van der Waals surface area contributed by atoms with Gasteiger partial charge in [-0.25, -0.2) is 9.18 Å². The fourth-order valence-corrected chi connectivity index (χ4v) is 1.47. The van der Waals surface area contributed by atoms with Gasteiger partial charge in [0.15, 0.2) is 6.10 Å². The molecule has 4 nitrogen and oxygen atoms in total. The smallest absolute Gasteiger partial charge is 0.339 e. The quantitative estimate of drug-likeness (QED) is 0.796. The summed E-state index contributed by atoms with van der Waals surface area (Å²) in [6, 6.07) is 3.75. The van der Waals surface area contributed by atoms with Gasteiger partial charge in [0.05, 0.1) is 13.2 Å². The second-order valence-corrected chi connectivity index (χ2v) is 3.43. The van der Waals surface area contributed by atoms with E-state index in [1.165, 1.54) is 25.3 Å². The lowest BCUT2D eigenvalue weighted by molar-refractivity contribution is -0.153. The Morgan fingerprint density at radius 3 is 2.82 bits per heavy atom. The first-order valence-corrected chi connectivity index (χ1v) is 5.22. The van der Waals surface area contributed by atoms with Gasteiger partial charge in [-0.2, -0.15) is 0 Å². The third-order valence-electron chi connectivity index (χ3n) is 2.21. The van der Waals surface area contributed by atoms with Crippen molar-refractivity contribution in [3.8, 4) is 0 Å². The molecular formula is C12H15FO4. The lowest BCUT2D eigenvalue weighted by Crippen LogP contribution is -2.17. The number of hydrogen-bond donors (Lipinski definition) is 1. The van der Waals surface area contributed by atoms with E-state index in [-0.39, 0.29) is 13.2 Å². The fraction of sp³-hybridized carbons (Fsp3) is 0.417. The molecule has 0 bridgehead atoms. The Kier molecular flexibility index (Phi) is 5.06. The summed E-state index contributed by atoms with van der Waals surface area (Å²) in [6.45, 7) is 1.94. The number of carbonyl (C=O) groups is 1. The molecule has 0 radical (unpaired) electrons. The summed E-state index contributed by atoms with van der Waals surface area (Å²) >= 11 is 0. The number of hydrogen-bond acceptors (Lipinski definition) is 4. The molecular weight excluding hydrogens is 227 g/mol. The van der Waals surface area contributed by atoms with Crippen molar-refractivity contribution >= 4 is 5.97 Å². The molecule has 1 aromatic rings. The van der Waals surface area contributed by atoms with Crippen LogP contribution in [0.15, 0.2) is 18.2 Å². The lowest BCUT2D eigenvalue weighted by atomic mass is 10.0. The van der Waals surface area contributed by atoms with E-state index in [1.807, 2.05) is 0 Å². The van der Waals surface area contributed by atoms with Gasteiger partial charge in [-0.1, -0.05) is 6.07 Å². The minimum atomic E-state index is -1.42. The standard InChI is InChI=1S/C12H15FO4/c1-3-17-12(15)11(14)10-5-4-9(13)6-8(10)7-16-2/h4-6,11,14H,3,7H2,1-2H3. The van der Waals surface area contributed by atoms with Gasteiger partial charge in [0.1, 0.15) is 5.82 Å². The normalized spacial score (nSPS) is 12.2.